The second kappa shape index (κ2) is 7.16. The quantitative estimate of drug-likeness (QED) is 0.540. The molecule has 2 nitrogen and oxygen atoms in total. The maximum Gasteiger partial charge on any atom is 0.136 e. The first-order valence-electron chi connectivity index (χ1n) is 9.15. The Bertz CT molecular complexity index is 1180. The lowest BCUT2D eigenvalue weighted by molar-refractivity contribution is 0.508. The molecular weight excluding hydrogens is 330 g/mol. The Kier molecular flexibility index (Phi) is 4.55. The van der Waals surface area contributed by atoms with E-state index in [-0.39, 0.29) is 0 Å². The number of hydrogen-bond acceptors (Lipinski definition) is 2. The highest BCUT2D eigenvalue weighted by molar-refractivity contribution is 5.84. The molecule has 0 fully saturated rings. The minimum absolute atomic E-state index is 0.890. The molecule has 0 aliphatic heterocycles. The average Bonchev–Trinajstić information content (AvgIpc) is 3.02. The molecule has 1 heterocycles. The number of aryl methyl sites for hydroxylation is 1. The number of fused-ring (bicyclic) bond motifs is 1. The molecule has 0 radical (unpaired) electrons. The van der Waals surface area contributed by atoms with Crippen molar-refractivity contribution in [2.75, 3.05) is 19.0 Å². The van der Waals surface area contributed by atoms with Gasteiger partial charge in [-0.3, -0.25) is 0 Å². The number of hydrogen-bond donors (Lipinski definition) is 0. The highest BCUT2D eigenvalue weighted by Crippen LogP contribution is 2.13. The predicted molar refractivity (Wildman–Crippen MR) is 115 cm³/mol. The monoisotopic (exact) mass is 353 g/mol. The summed E-state index contributed by atoms with van der Waals surface area (Å²) in [6, 6.07) is 25.3. The van der Waals surface area contributed by atoms with Crippen LogP contribution in [0, 0.1) is 6.92 Å². The van der Waals surface area contributed by atoms with E-state index in [0.717, 1.165) is 32.7 Å². The van der Waals surface area contributed by atoms with Crippen molar-refractivity contribution in [2.45, 2.75) is 6.92 Å². The second-order valence-corrected chi connectivity index (χ2v) is 7.06. The van der Waals surface area contributed by atoms with Gasteiger partial charge in [0.05, 0.1) is 0 Å². The molecule has 4 rings (SSSR count). The first-order valence-corrected chi connectivity index (χ1v) is 9.15. The van der Waals surface area contributed by atoms with Crippen LogP contribution >= 0.6 is 0 Å². The van der Waals surface area contributed by atoms with Gasteiger partial charge < -0.3 is 9.32 Å². The largest absolute Gasteiger partial charge is 0.456 e. The highest BCUT2D eigenvalue weighted by Gasteiger charge is 2.03. The van der Waals surface area contributed by atoms with Crippen LogP contribution in [0.3, 0.4) is 0 Å². The number of nitrogens with zero attached hydrogens (tertiary/aromatic N) is 1. The van der Waals surface area contributed by atoms with Crippen LogP contribution in [0.2, 0.25) is 0 Å². The van der Waals surface area contributed by atoms with Gasteiger partial charge in [0.15, 0.2) is 0 Å². The predicted octanol–water partition coefficient (Wildman–Crippen LogP) is 4.46. The Morgan fingerprint density at radius 2 is 1.15 bits per heavy atom. The molecule has 27 heavy (non-hydrogen) atoms. The third-order valence-corrected chi connectivity index (χ3v) is 4.76. The molecule has 3 aromatic carbocycles. The Morgan fingerprint density at radius 1 is 0.667 bits per heavy atom. The van der Waals surface area contributed by atoms with Crippen LogP contribution in [0.15, 0.2) is 77.2 Å². The van der Waals surface area contributed by atoms with Crippen molar-refractivity contribution in [1.82, 2.24) is 0 Å². The molecule has 0 N–H and O–H groups in total. The maximum absolute atomic E-state index is 6.26. The van der Waals surface area contributed by atoms with Gasteiger partial charge in [0.2, 0.25) is 0 Å². The molecule has 134 valence electrons. The normalized spacial score (nSPS) is 12.7. The molecule has 0 amide bonds. The van der Waals surface area contributed by atoms with E-state index in [4.69, 9.17) is 4.42 Å². The van der Waals surface area contributed by atoms with Gasteiger partial charge in [-0.1, -0.05) is 66.2 Å². The fourth-order valence-electron chi connectivity index (χ4n) is 3.19. The van der Waals surface area contributed by atoms with Crippen LogP contribution < -0.4 is 15.7 Å². The van der Waals surface area contributed by atoms with Crippen molar-refractivity contribution in [1.29, 1.82) is 0 Å². The fraction of sp³-hybridized carbons (Fsp3) is 0.120. The zero-order chi connectivity index (χ0) is 18.8. The molecule has 2 heteroatoms. The molecule has 1 aromatic heterocycles. The minimum atomic E-state index is 0.890. The van der Waals surface area contributed by atoms with Crippen LogP contribution in [0.25, 0.3) is 22.9 Å². The summed E-state index contributed by atoms with van der Waals surface area (Å²) in [5.74, 6) is 0. The van der Waals surface area contributed by atoms with Gasteiger partial charge >= 0.3 is 0 Å². The maximum atomic E-state index is 6.26. The van der Waals surface area contributed by atoms with E-state index in [1.54, 1.807) is 0 Å². The van der Waals surface area contributed by atoms with Crippen LogP contribution in [0.4, 0.5) is 5.69 Å². The van der Waals surface area contributed by atoms with Gasteiger partial charge in [-0.15, -0.1) is 0 Å². The Morgan fingerprint density at radius 3 is 1.63 bits per heavy atom. The zero-order valence-electron chi connectivity index (χ0n) is 15.9. The average molecular weight is 353 g/mol. The first kappa shape index (κ1) is 17.2. The van der Waals surface area contributed by atoms with Crippen LogP contribution in [-0.4, -0.2) is 14.1 Å². The van der Waals surface area contributed by atoms with E-state index in [9.17, 15) is 0 Å². The summed E-state index contributed by atoms with van der Waals surface area (Å²) in [6.45, 7) is 2.10. The number of benzene rings is 3. The third kappa shape index (κ3) is 3.65. The standard InChI is InChI=1S/C25H23NO/c1-18-8-10-19(11-9-18)16-24-22-6-4-5-7-23(22)25(27-24)17-20-12-14-21(15-13-20)26(2)3/h4-17H,1-3H3/b24-16+,25-17+. The first-order chi connectivity index (χ1) is 13.1. The van der Waals surface area contributed by atoms with Gasteiger partial charge in [-0.25, -0.2) is 0 Å². The summed E-state index contributed by atoms with van der Waals surface area (Å²) in [5, 5.41) is 2.27. The molecule has 0 bridgehead atoms. The summed E-state index contributed by atoms with van der Waals surface area (Å²) in [6.07, 6.45) is 4.21. The zero-order valence-corrected chi connectivity index (χ0v) is 15.9. The minimum Gasteiger partial charge on any atom is -0.456 e. The van der Waals surface area contributed by atoms with Crippen LogP contribution in [0.5, 0.6) is 0 Å². The van der Waals surface area contributed by atoms with E-state index in [1.165, 1.54) is 11.3 Å². The van der Waals surface area contributed by atoms with E-state index < -0.39 is 0 Å². The molecule has 0 unspecified atom stereocenters. The Hall–Kier alpha value is -3.26. The van der Waals surface area contributed by atoms with E-state index in [1.807, 2.05) is 14.1 Å². The van der Waals surface area contributed by atoms with Crippen molar-refractivity contribution in [2.24, 2.45) is 0 Å². The van der Waals surface area contributed by atoms with Crippen molar-refractivity contribution in [3.8, 4) is 0 Å². The van der Waals surface area contributed by atoms with Crippen molar-refractivity contribution in [3.63, 3.8) is 0 Å². The summed E-state index contributed by atoms with van der Waals surface area (Å²) in [5.41, 5.74) is 6.49. The lowest BCUT2D eigenvalue weighted by atomic mass is 10.1. The number of furan rings is 1. The van der Waals surface area contributed by atoms with Crippen molar-refractivity contribution < 1.29 is 4.42 Å². The smallest absolute Gasteiger partial charge is 0.136 e. The fourth-order valence-corrected chi connectivity index (χ4v) is 3.19. The lowest BCUT2D eigenvalue weighted by Gasteiger charge is -2.11. The van der Waals surface area contributed by atoms with Gasteiger partial charge in [0, 0.05) is 30.6 Å². The van der Waals surface area contributed by atoms with Gasteiger partial charge in [0.25, 0.3) is 0 Å². The molecule has 0 spiro atoms. The van der Waals surface area contributed by atoms with Crippen molar-refractivity contribution >= 4 is 28.6 Å². The van der Waals surface area contributed by atoms with Gasteiger partial charge in [0.1, 0.15) is 10.8 Å². The SMILES string of the molecule is Cc1ccc(/C=c2/o/c(=C/c3ccc(N(C)C)cc3)c3ccccc23)cc1. The van der Waals surface area contributed by atoms with E-state index in [0.29, 0.717) is 0 Å². The van der Waals surface area contributed by atoms with Crippen LogP contribution in [-0.2, 0) is 0 Å². The van der Waals surface area contributed by atoms with Crippen LogP contribution in [0.1, 0.15) is 16.7 Å². The van der Waals surface area contributed by atoms with Crippen molar-refractivity contribution in [3.05, 3.63) is 100 Å². The number of rotatable bonds is 3. The van der Waals surface area contributed by atoms with Gasteiger partial charge in [-0.2, -0.15) is 0 Å². The summed E-state index contributed by atoms with van der Waals surface area (Å²) in [7, 11) is 4.10. The number of anilines is 1. The summed E-state index contributed by atoms with van der Waals surface area (Å²) < 4.78 is 6.26. The molecular formula is C25H23NO. The molecule has 0 atom stereocenters. The van der Waals surface area contributed by atoms with E-state index >= 15 is 0 Å². The molecule has 0 aliphatic rings. The molecule has 0 aliphatic carbocycles. The van der Waals surface area contributed by atoms with Gasteiger partial charge in [-0.05, 0) is 42.3 Å². The Balaban J connectivity index is 1.86. The summed E-state index contributed by atoms with van der Waals surface area (Å²) >= 11 is 0. The van der Waals surface area contributed by atoms with E-state index in [2.05, 4.69) is 96.8 Å². The topological polar surface area (TPSA) is 16.4 Å². The highest BCUT2D eigenvalue weighted by atomic mass is 16.3. The Labute approximate surface area is 159 Å². The lowest BCUT2D eigenvalue weighted by Crippen LogP contribution is -2.08. The molecule has 4 aromatic rings. The second-order valence-electron chi connectivity index (χ2n) is 7.06. The molecule has 0 saturated heterocycles. The summed E-state index contributed by atoms with van der Waals surface area (Å²) in [4.78, 5) is 2.10. The molecule has 0 saturated carbocycles. The third-order valence-electron chi connectivity index (χ3n) is 4.76.